The highest BCUT2D eigenvalue weighted by atomic mass is 14.7. The van der Waals surface area contributed by atoms with E-state index in [9.17, 15) is 0 Å². The van der Waals surface area contributed by atoms with E-state index in [1.807, 2.05) is 6.20 Å². The minimum absolute atomic E-state index is 0.0879. The summed E-state index contributed by atoms with van der Waals surface area (Å²) < 4.78 is 0. The van der Waals surface area contributed by atoms with Gasteiger partial charge in [0.1, 0.15) is 0 Å². The summed E-state index contributed by atoms with van der Waals surface area (Å²) >= 11 is 0. The van der Waals surface area contributed by atoms with Crippen molar-refractivity contribution in [2.75, 3.05) is 0 Å². The van der Waals surface area contributed by atoms with Gasteiger partial charge >= 0.3 is 0 Å². The van der Waals surface area contributed by atoms with Gasteiger partial charge < -0.3 is 0 Å². The van der Waals surface area contributed by atoms with Gasteiger partial charge in [0, 0.05) is 17.2 Å². The molecule has 150 valence electrons. The predicted octanol–water partition coefficient (Wildman–Crippen LogP) is 7.81. The minimum atomic E-state index is -0.0879. The van der Waals surface area contributed by atoms with E-state index in [0.29, 0.717) is 0 Å². The Morgan fingerprint density at radius 3 is 2.27 bits per heavy atom. The molecule has 1 aromatic heterocycles. The average molecular weight is 392 g/mol. The van der Waals surface area contributed by atoms with Crippen LogP contribution in [0.2, 0.25) is 0 Å². The smallest absolute Gasteiger partial charge is 0.0708 e. The summed E-state index contributed by atoms with van der Waals surface area (Å²) in [5, 5.41) is 2.69. The van der Waals surface area contributed by atoms with Gasteiger partial charge in [0.15, 0.2) is 0 Å². The summed E-state index contributed by atoms with van der Waals surface area (Å²) in [7, 11) is 0. The van der Waals surface area contributed by atoms with E-state index in [0.717, 1.165) is 5.69 Å². The van der Waals surface area contributed by atoms with E-state index in [1.165, 1.54) is 49.7 Å². The summed E-state index contributed by atoms with van der Waals surface area (Å²) in [4.78, 5) is 4.80. The zero-order chi connectivity index (χ0) is 21.3. The molecule has 0 spiro atoms. The van der Waals surface area contributed by atoms with Crippen LogP contribution in [-0.4, -0.2) is 4.98 Å². The van der Waals surface area contributed by atoms with Crippen molar-refractivity contribution in [3.05, 3.63) is 89.1 Å². The van der Waals surface area contributed by atoms with Crippen LogP contribution in [0.15, 0.2) is 66.9 Å². The SMILES string of the molecule is Cc1ccc2c3c(ccc2c1)-c1cccc(-c2cc(C(C)(C)C)ccn2)c1C3(C)C. The molecule has 0 fully saturated rings. The maximum atomic E-state index is 4.80. The van der Waals surface area contributed by atoms with E-state index in [-0.39, 0.29) is 10.8 Å². The highest BCUT2D eigenvalue weighted by Gasteiger charge is 2.39. The molecule has 0 aliphatic heterocycles. The van der Waals surface area contributed by atoms with E-state index in [1.54, 1.807) is 0 Å². The fraction of sp³-hybridized carbons (Fsp3) is 0.276. The van der Waals surface area contributed by atoms with E-state index in [4.69, 9.17) is 4.98 Å². The molecule has 5 rings (SSSR count). The lowest BCUT2D eigenvalue weighted by Gasteiger charge is -2.26. The first-order valence-corrected chi connectivity index (χ1v) is 10.8. The number of rotatable bonds is 1. The van der Waals surface area contributed by atoms with Gasteiger partial charge in [-0.15, -0.1) is 0 Å². The van der Waals surface area contributed by atoms with Crippen molar-refractivity contribution in [2.24, 2.45) is 0 Å². The molecule has 0 radical (unpaired) electrons. The van der Waals surface area contributed by atoms with E-state index in [2.05, 4.69) is 102 Å². The molecule has 1 heterocycles. The van der Waals surface area contributed by atoms with E-state index >= 15 is 0 Å². The summed E-state index contributed by atoms with van der Waals surface area (Å²) in [5.74, 6) is 0. The normalized spacial score (nSPS) is 14.6. The second-order valence-corrected chi connectivity index (χ2v) is 10.2. The van der Waals surface area contributed by atoms with Crippen molar-refractivity contribution in [1.82, 2.24) is 4.98 Å². The Morgan fingerprint density at radius 1 is 0.767 bits per heavy atom. The Balaban J connectivity index is 1.79. The molecular formula is C29H29N. The first kappa shape index (κ1) is 19.1. The zero-order valence-corrected chi connectivity index (χ0v) is 18.8. The zero-order valence-electron chi connectivity index (χ0n) is 18.8. The number of benzene rings is 3. The lowest BCUT2D eigenvalue weighted by atomic mass is 9.77. The molecule has 0 bridgehead atoms. The highest BCUT2D eigenvalue weighted by Crippen LogP contribution is 2.54. The van der Waals surface area contributed by atoms with Gasteiger partial charge in [-0.1, -0.05) is 88.7 Å². The molecule has 30 heavy (non-hydrogen) atoms. The minimum Gasteiger partial charge on any atom is -0.256 e. The third kappa shape index (κ3) is 2.72. The first-order valence-electron chi connectivity index (χ1n) is 10.8. The number of aromatic nitrogens is 1. The van der Waals surface area contributed by atoms with Crippen molar-refractivity contribution in [2.45, 2.75) is 52.4 Å². The molecule has 1 heteroatoms. The third-order valence-electron chi connectivity index (χ3n) is 6.68. The van der Waals surface area contributed by atoms with Crippen molar-refractivity contribution in [3.8, 4) is 22.4 Å². The Labute approximate surface area is 179 Å². The van der Waals surface area contributed by atoms with Gasteiger partial charge in [0.2, 0.25) is 0 Å². The molecule has 0 saturated carbocycles. The van der Waals surface area contributed by atoms with Crippen LogP contribution in [0.4, 0.5) is 0 Å². The van der Waals surface area contributed by atoms with Gasteiger partial charge in [-0.05, 0) is 63.1 Å². The second kappa shape index (κ2) is 6.28. The fourth-order valence-electron chi connectivity index (χ4n) is 5.18. The number of pyridine rings is 1. The second-order valence-electron chi connectivity index (χ2n) is 10.2. The lowest BCUT2D eigenvalue weighted by Crippen LogP contribution is -2.17. The van der Waals surface area contributed by atoms with Crippen LogP contribution < -0.4 is 0 Å². The molecule has 0 amide bonds. The molecule has 0 atom stereocenters. The van der Waals surface area contributed by atoms with Crippen LogP contribution in [0, 0.1) is 6.92 Å². The Morgan fingerprint density at radius 2 is 1.50 bits per heavy atom. The van der Waals surface area contributed by atoms with Crippen molar-refractivity contribution >= 4 is 10.8 Å². The van der Waals surface area contributed by atoms with Gasteiger partial charge in [-0.2, -0.15) is 0 Å². The van der Waals surface area contributed by atoms with Crippen molar-refractivity contribution in [3.63, 3.8) is 0 Å². The molecule has 1 aliphatic carbocycles. The number of hydrogen-bond acceptors (Lipinski definition) is 1. The molecular weight excluding hydrogens is 362 g/mol. The molecule has 4 aromatic rings. The number of aryl methyl sites for hydroxylation is 1. The highest BCUT2D eigenvalue weighted by molar-refractivity contribution is 5.99. The number of nitrogens with zero attached hydrogens (tertiary/aromatic N) is 1. The maximum absolute atomic E-state index is 4.80. The maximum Gasteiger partial charge on any atom is 0.0708 e. The summed E-state index contributed by atoms with van der Waals surface area (Å²) in [6.07, 6.45) is 1.96. The molecule has 0 N–H and O–H groups in total. The summed E-state index contributed by atoms with van der Waals surface area (Å²) in [6, 6.07) is 22.5. The van der Waals surface area contributed by atoms with Crippen LogP contribution in [0.5, 0.6) is 0 Å². The predicted molar refractivity (Wildman–Crippen MR) is 128 cm³/mol. The molecule has 1 aliphatic rings. The molecule has 3 aromatic carbocycles. The van der Waals surface area contributed by atoms with Crippen molar-refractivity contribution in [1.29, 1.82) is 0 Å². The molecule has 1 nitrogen and oxygen atoms in total. The van der Waals surface area contributed by atoms with Crippen LogP contribution in [-0.2, 0) is 10.8 Å². The average Bonchev–Trinajstić information content (AvgIpc) is 2.95. The fourth-order valence-corrected chi connectivity index (χ4v) is 5.18. The van der Waals surface area contributed by atoms with Crippen molar-refractivity contribution < 1.29 is 0 Å². The van der Waals surface area contributed by atoms with Crippen LogP contribution in [0.3, 0.4) is 0 Å². The van der Waals surface area contributed by atoms with Gasteiger partial charge in [-0.3, -0.25) is 4.98 Å². The van der Waals surface area contributed by atoms with Gasteiger partial charge in [0.05, 0.1) is 5.69 Å². The lowest BCUT2D eigenvalue weighted by molar-refractivity contribution is 0.589. The Hall–Kier alpha value is -2.93. The third-order valence-corrected chi connectivity index (χ3v) is 6.68. The van der Waals surface area contributed by atoms with Crippen LogP contribution in [0.25, 0.3) is 33.2 Å². The quantitative estimate of drug-likeness (QED) is 0.322. The topological polar surface area (TPSA) is 12.9 Å². The van der Waals surface area contributed by atoms with Crippen LogP contribution >= 0.6 is 0 Å². The summed E-state index contributed by atoms with van der Waals surface area (Å²) in [5.41, 5.74) is 10.5. The molecule has 0 unspecified atom stereocenters. The first-order chi connectivity index (χ1) is 14.2. The van der Waals surface area contributed by atoms with Gasteiger partial charge in [0.25, 0.3) is 0 Å². The van der Waals surface area contributed by atoms with Gasteiger partial charge in [-0.25, -0.2) is 0 Å². The Bertz CT molecular complexity index is 1300. The number of hydrogen-bond donors (Lipinski definition) is 0. The standard InChI is InChI=1S/C29H29N/c1-18-10-12-21-19(16-18)11-13-23-22-8-7-9-24(27(22)29(5,6)26(21)23)25-17-20(14-15-30-25)28(2,3)4/h7-17H,1-6H3. The Kier molecular flexibility index (Phi) is 3.99. The largest absolute Gasteiger partial charge is 0.256 e. The molecule has 0 saturated heterocycles. The number of fused-ring (bicyclic) bond motifs is 5. The summed E-state index contributed by atoms with van der Waals surface area (Å²) in [6.45, 7) is 13.7. The monoisotopic (exact) mass is 391 g/mol. The van der Waals surface area contributed by atoms with E-state index < -0.39 is 0 Å². The van der Waals surface area contributed by atoms with Crippen LogP contribution in [0.1, 0.15) is 56.9 Å².